The lowest BCUT2D eigenvalue weighted by Crippen LogP contribution is -2.26. The molecule has 3 aliphatic rings. The van der Waals surface area contributed by atoms with Gasteiger partial charge in [0.15, 0.2) is 0 Å². The van der Waals surface area contributed by atoms with E-state index < -0.39 is 11.8 Å². The lowest BCUT2D eigenvalue weighted by molar-refractivity contribution is -0.0133. The Morgan fingerprint density at radius 3 is 2.21 bits per heavy atom. The quantitative estimate of drug-likeness (QED) is 0.216. The topological polar surface area (TPSA) is 0 Å². The van der Waals surface area contributed by atoms with Crippen LogP contribution in [0.4, 0.5) is 17.6 Å². The van der Waals surface area contributed by atoms with E-state index in [4.69, 9.17) is 0 Å². The van der Waals surface area contributed by atoms with Gasteiger partial charge in [-0.05, 0) is 34.7 Å². The zero-order chi connectivity index (χ0) is 26.1. The molecule has 1 aromatic heterocycles. The van der Waals surface area contributed by atoms with Gasteiger partial charge in [0, 0.05) is 49.3 Å². The molecule has 0 nitrogen and oxygen atoms in total. The fraction of sp³-hybridized carbons (Fsp3) is 0.250. The number of halogens is 4. The lowest BCUT2D eigenvalue weighted by Gasteiger charge is -2.41. The molecule has 0 fully saturated rings. The molecule has 3 atom stereocenters. The van der Waals surface area contributed by atoms with E-state index in [9.17, 15) is 8.78 Å². The molecule has 0 N–H and O–H groups in total. The summed E-state index contributed by atoms with van der Waals surface area (Å²) >= 11 is 3.07. The Morgan fingerprint density at radius 1 is 0.816 bits per heavy atom. The molecule has 7 rings (SSSR count). The zero-order valence-electron chi connectivity index (χ0n) is 20.3. The van der Waals surface area contributed by atoms with E-state index in [-0.39, 0.29) is 41.1 Å². The molecule has 4 aromatic rings. The largest absolute Gasteiger partial charge is 0.278 e. The van der Waals surface area contributed by atoms with Crippen LogP contribution in [0, 0.1) is 0 Å². The standard InChI is InChI=1S/C32H24F4S2/c33-31(34,21-7-3-1-4-8-21)17-23-15-19-11-13-25-27(29(19)37-23)26-14-12-20-16-24(38-30(20)28(25)26)18-32(35,36)22-9-5-2-6-10-22/h1-15,24-25,27H,16-18H2. The van der Waals surface area contributed by atoms with Crippen molar-refractivity contribution in [3.63, 3.8) is 0 Å². The Hall–Kier alpha value is -2.83. The first-order valence-electron chi connectivity index (χ1n) is 12.8. The minimum absolute atomic E-state index is 0.0359. The average molecular weight is 549 g/mol. The SMILES string of the molecule is FC(F)(Cc1cc2c(s1)C1c3ccc4c(c3C1C=C2)SC(CC(F)(F)c1ccccc1)C4)c1ccccc1. The maximum absolute atomic E-state index is 15.0. The van der Waals surface area contributed by atoms with E-state index in [1.807, 2.05) is 6.07 Å². The van der Waals surface area contributed by atoms with Crippen molar-refractivity contribution in [3.05, 3.63) is 128 Å². The van der Waals surface area contributed by atoms with Crippen molar-refractivity contribution in [2.24, 2.45) is 0 Å². The van der Waals surface area contributed by atoms with E-state index in [0.29, 0.717) is 11.3 Å². The summed E-state index contributed by atoms with van der Waals surface area (Å²) in [5.74, 6) is -5.46. The third kappa shape index (κ3) is 3.95. The first kappa shape index (κ1) is 24.2. The molecule has 3 unspecified atom stereocenters. The van der Waals surface area contributed by atoms with Gasteiger partial charge >= 0.3 is 0 Å². The highest BCUT2D eigenvalue weighted by Gasteiger charge is 2.46. The maximum Gasteiger partial charge on any atom is 0.278 e. The Morgan fingerprint density at radius 2 is 1.50 bits per heavy atom. The van der Waals surface area contributed by atoms with E-state index >= 15 is 8.78 Å². The smallest absolute Gasteiger partial charge is 0.201 e. The Balaban J connectivity index is 1.13. The molecule has 192 valence electrons. The third-order valence-corrected chi connectivity index (χ3v) is 10.6. The molecule has 0 bridgehead atoms. The minimum Gasteiger partial charge on any atom is -0.201 e. The number of benzene rings is 3. The van der Waals surface area contributed by atoms with Gasteiger partial charge in [-0.3, -0.25) is 0 Å². The van der Waals surface area contributed by atoms with Crippen molar-refractivity contribution >= 4 is 29.2 Å². The van der Waals surface area contributed by atoms with Crippen molar-refractivity contribution in [2.75, 3.05) is 0 Å². The lowest BCUT2D eigenvalue weighted by atomic mass is 9.64. The summed E-state index contributed by atoms with van der Waals surface area (Å²) in [4.78, 5) is 2.97. The number of allylic oxidation sites excluding steroid dienone is 1. The maximum atomic E-state index is 15.0. The van der Waals surface area contributed by atoms with Crippen LogP contribution in [0.25, 0.3) is 6.08 Å². The van der Waals surface area contributed by atoms with Crippen molar-refractivity contribution in [1.29, 1.82) is 0 Å². The van der Waals surface area contributed by atoms with E-state index in [0.717, 1.165) is 20.9 Å². The summed E-state index contributed by atoms with van der Waals surface area (Å²) in [7, 11) is 0. The molecule has 0 radical (unpaired) electrons. The van der Waals surface area contributed by atoms with Crippen LogP contribution in [0.3, 0.4) is 0 Å². The summed E-state index contributed by atoms with van der Waals surface area (Å²) in [6.07, 6.45) is 4.36. The zero-order valence-corrected chi connectivity index (χ0v) is 22.0. The van der Waals surface area contributed by atoms with Gasteiger partial charge in [0.25, 0.3) is 11.8 Å². The van der Waals surface area contributed by atoms with Gasteiger partial charge in [0.05, 0.1) is 6.42 Å². The van der Waals surface area contributed by atoms with Gasteiger partial charge in [0.1, 0.15) is 0 Å². The van der Waals surface area contributed by atoms with Crippen LogP contribution in [0.5, 0.6) is 0 Å². The number of alkyl halides is 4. The van der Waals surface area contributed by atoms with Crippen molar-refractivity contribution in [1.82, 2.24) is 0 Å². The monoisotopic (exact) mass is 548 g/mol. The normalized spacial score (nSPS) is 21.3. The minimum atomic E-state index is -2.93. The molecule has 2 heterocycles. The molecule has 2 aliphatic carbocycles. The van der Waals surface area contributed by atoms with Crippen molar-refractivity contribution in [3.8, 4) is 0 Å². The second-order valence-electron chi connectivity index (χ2n) is 10.4. The van der Waals surface area contributed by atoms with Crippen molar-refractivity contribution < 1.29 is 17.6 Å². The number of fused-ring (bicyclic) bond motifs is 8. The van der Waals surface area contributed by atoms with E-state index in [1.165, 1.54) is 46.7 Å². The molecule has 0 amide bonds. The number of thiophene rings is 1. The average Bonchev–Trinajstić information content (AvgIpc) is 3.48. The van der Waals surface area contributed by atoms with Gasteiger partial charge in [-0.25, -0.2) is 17.6 Å². The Bertz CT molecular complexity index is 1540. The first-order valence-corrected chi connectivity index (χ1v) is 14.5. The van der Waals surface area contributed by atoms with Gasteiger partial charge < -0.3 is 0 Å². The molecule has 6 heteroatoms. The summed E-state index contributed by atoms with van der Waals surface area (Å²) in [6.45, 7) is 0. The second kappa shape index (κ2) is 8.85. The summed E-state index contributed by atoms with van der Waals surface area (Å²) < 4.78 is 60.0. The molecule has 0 saturated carbocycles. The van der Waals surface area contributed by atoms with Gasteiger partial charge in [-0.1, -0.05) is 84.9 Å². The third-order valence-electron chi connectivity index (χ3n) is 7.95. The highest BCUT2D eigenvalue weighted by molar-refractivity contribution is 8.00. The van der Waals surface area contributed by atoms with Crippen LogP contribution in [-0.4, -0.2) is 5.25 Å². The second-order valence-corrected chi connectivity index (χ2v) is 12.9. The van der Waals surface area contributed by atoms with Crippen LogP contribution in [-0.2, 0) is 24.7 Å². The first-order chi connectivity index (χ1) is 18.3. The van der Waals surface area contributed by atoms with Gasteiger partial charge in [0.2, 0.25) is 0 Å². The summed E-state index contributed by atoms with van der Waals surface area (Å²) in [5.41, 5.74) is 4.73. The highest BCUT2D eigenvalue weighted by Crippen LogP contribution is 2.61. The molecule has 0 saturated heterocycles. The fourth-order valence-electron chi connectivity index (χ4n) is 6.15. The van der Waals surface area contributed by atoms with Gasteiger partial charge in [-0.15, -0.1) is 23.1 Å². The molecular weight excluding hydrogens is 524 g/mol. The molecular formula is C32H24F4S2. The number of hydrogen-bond acceptors (Lipinski definition) is 2. The predicted octanol–water partition coefficient (Wildman–Crippen LogP) is 9.54. The fourth-order valence-corrected chi connectivity index (χ4v) is 9.09. The summed E-state index contributed by atoms with van der Waals surface area (Å²) in [6, 6.07) is 22.2. The Labute approximate surface area is 227 Å². The number of rotatable bonds is 6. The molecule has 38 heavy (non-hydrogen) atoms. The van der Waals surface area contributed by atoms with Crippen LogP contribution in [0.15, 0.2) is 89.8 Å². The molecule has 1 aliphatic heterocycles. The number of thioether (sulfide) groups is 1. The van der Waals surface area contributed by atoms with Gasteiger partial charge in [-0.2, -0.15) is 0 Å². The predicted molar refractivity (Wildman–Crippen MR) is 147 cm³/mol. The number of hydrogen-bond donors (Lipinski definition) is 0. The molecule has 3 aromatic carbocycles. The van der Waals surface area contributed by atoms with Crippen LogP contribution in [0.2, 0.25) is 0 Å². The van der Waals surface area contributed by atoms with Crippen molar-refractivity contribution in [2.45, 2.75) is 53.1 Å². The van der Waals surface area contributed by atoms with Crippen LogP contribution < -0.4 is 0 Å². The van der Waals surface area contributed by atoms with E-state index in [2.05, 4.69) is 24.3 Å². The molecule has 0 spiro atoms. The van der Waals surface area contributed by atoms with E-state index in [1.54, 1.807) is 48.2 Å². The Kier molecular flexibility index (Phi) is 5.64. The summed E-state index contributed by atoms with van der Waals surface area (Å²) in [5, 5.41) is -0.178. The van der Waals surface area contributed by atoms with Crippen LogP contribution >= 0.6 is 23.1 Å². The van der Waals surface area contributed by atoms with Crippen LogP contribution in [0.1, 0.15) is 61.4 Å². The highest BCUT2D eigenvalue weighted by atomic mass is 32.2.